The fourth-order valence-corrected chi connectivity index (χ4v) is 2.20. The molecule has 96 valence electrons. The summed E-state index contributed by atoms with van der Waals surface area (Å²) >= 11 is 0. The van der Waals surface area contributed by atoms with E-state index in [-0.39, 0.29) is 11.1 Å². The zero-order chi connectivity index (χ0) is 14.0. The summed E-state index contributed by atoms with van der Waals surface area (Å²) < 4.78 is 4.65. The van der Waals surface area contributed by atoms with Gasteiger partial charge in [-0.15, -0.1) is 0 Å². The summed E-state index contributed by atoms with van der Waals surface area (Å²) in [5, 5.41) is 11.0. The third-order valence-electron chi connectivity index (χ3n) is 3.12. The number of hydrogen-bond donors (Lipinski definition) is 1. The van der Waals surface area contributed by atoms with Gasteiger partial charge in [-0.1, -0.05) is 18.2 Å². The van der Waals surface area contributed by atoms with Gasteiger partial charge in [0.05, 0.1) is 19.6 Å². The van der Waals surface area contributed by atoms with Crippen LogP contribution in [0.15, 0.2) is 24.3 Å². The van der Waals surface area contributed by atoms with Gasteiger partial charge in [0.15, 0.2) is 5.41 Å². The maximum absolute atomic E-state index is 12.1. The number of methoxy groups -OCH3 is 1. The molecule has 2 amide bonds. The van der Waals surface area contributed by atoms with Gasteiger partial charge in [-0.3, -0.25) is 19.7 Å². The van der Waals surface area contributed by atoms with Crippen molar-refractivity contribution in [2.45, 2.75) is 11.8 Å². The quantitative estimate of drug-likeness (QED) is 0.467. The van der Waals surface area contributed by atoms with E-state index in [1.807, 2.05) is 0 Å². The number of carbonyl (C=O) groups is 3. The maximum Gasteiger partial charge on any atom is 0.327 e. The second-order valence-electron chi connectivity index (χ2n) is 4.06. The summed E-state index contributed by atoms with van der Waals surface area (Å²) in [6, 6.07) is 8.00. The van der Waals surface area contributed by atoms with E-state index in [4.69, 9.17) is 5.26 Å². The molecular formula is C13H10N2O4. The van der Waals surface area contributed by atoms with Gasteiger partial charge in [0, 0.05) is 5.56 Å². The number of benzene rings is 1. The van der Waals surface area contributed by atoms with E-state index < -0.39 is 29.6 Å². The van der Waals surface area contributed by atoms with Crippen molar-refractivity contribution in [1.82, 2.24) is 5.32 Å². The summed E-state index contributed by atoms with van der Waals surface area (Å²) in [5.41, 5.74) is -1.38. The van der Waals surface area contributed by atoms with Crippen LogP contribution in [-0.2, 0) is 19.7 Å². The van der Waals surface area contributed by atoms with Crippen LogP contribution in [0.4, 0.5) is 0 Å². The number of ether oxygens (including phenoxy) is 1. The second kappa shape index (κ2) is 4.53. The van der Waals surface area contributed by atoms with Crippen molar-refractivity contribution in [2.24, 2.45) is 0 Å². The molecule has 0 aromatic heterocycles. The van der Waals surface area contributed by atoms with Crippen molar-refractivity contribution >= 4 is 17.8 Å². The van der Waals surface area contributed by atoms with E-state index >= 15 is 0 Å². The highest BCUT2D eigenvalue weighted by Crippen LogP contribution is 2.35. The minimum Gasteiger partial charge on any atom is -0.468 e. The smallest absolute Gasteiger partial charge is 0.327 e. The Morgan fingerprint density at radius 3 is 2.74 bits per heavy atom. The number of hydrogen-bond acceptors (Lipinski definition) is 5. The zero-order valence-electron chi connectivity index (χ0n) is 10.1. The van der Waals surface area contributed by atoms with Crippen LogP contribution in [0.1, 0.15) is 22.3 Å². The van der Waals surface area contributed by atoms with Crippen molar-refractivity contribution in [3.63, 3.8) is 0 Å². The first-order valence-electron chi connectivity index (χ1n) is 5.48. The molecule has 1 aromatic rings. The fraction of sp³-hybridized carbons (Fsp3) is 0.231. The van der Waals surface area contributed by atoms with Crippen LogP contribution < -0.4 is 5.32 Å². The van der Waals surface area contributed by atoms with E-state index in [9.17, 15) is 14.4 Å². The number of amides is 2. The third-order valence-corrected chi connectivity index (χ3v) is 3.12. The van der Waals surface area contributed by atoms with Crippen LogP contribution in [0.2, 0.25) is 0 Å². The van der Waals surface area contributed by atoms with Gasteiger partial charge < -0.3 is 4.74 Å². The average molecular weight is 258 g/mol. The Hall–Kier alpha value is -2.68. The second-order valence-corrected chi connectivity index (χ2v) is 4.06. The molecular weight excluding hydrogens is 248 g/mol. The maximum atomic E-state index is 12.1. The molecule has 1 heterocycles. The molecule has 0 aliphatic carbocycles. The van der Waals surface area contributed by atoms with Crippen LogP contribution in [-0.4, -0.2) is 24.9 Å². The molecule has 1 N–H and O–H groups in total. The molecule has 1 aliphatic heterocycles. The van der Waals surface area contributed by atoms with E-state index in [0.717, 1.165) is 7.11 Å². The summed E-state index contributed by atoms with van der Waals surface area (Å²) in [6.07, 6.45) is -0.393. The molecule has 0 saturated carbocycles. The van der Waals surface area contributed by atoms with E-state index in [0.29, 0.717) is 0 Å². The molecule has 2 rings (SSSR count). The van der Waals surface area contributed by atoms with E-state index in [1.54, 1.807) is 18.2 Å². The topological polar surface area (TPSA) is 96.3 Å². The van der Waals surface area contributed by atoms with Gasteiger partial charge in [0.2, 0.25) is 5.91 Å². The summed E-state index contributed by atoms with van der Waals surface area (Å²) in [5.74, 6) is -2.27. The molecule has 0 fully saturated rings. The highest BCUT2D eigenvalue weighted by molar-refractivity contribution is 6.21. The van der Waals surface area contributed by atoms with Gasteiger partial charge in [-0.25, -0.2) is 0 Å². The van der Waals surface area contributed by atoms with Crippen molar-refractivity contribution in [1.29, 1.82) is 5.26 Å². The first kappa shape index (κ1) is 12.8. The van der Waals surface area contributed by atoms with Crippen molar-refractivity contribution in [3.05, 3.63) is 35.4 Å². The molecule has 1 atom stereocenters. The average Bonchev–Trinajstić information content (AvgIpc) is 2.42. The van der Waals surface area contributed by atoms with E-state index in [2.05, 4.69) is 10.1 Å². The number of nitrogens with zero attached hydrogens (tertiary/aromatic N) is 1. The number of nitriles is 1. The molecule has 1 unspecified atom stereocenters. The van der Waals surface area contributed by atoms with Crippen LogP contribution >= 0.6 is 0 Å². The Morgan fingerprint density at radius 2 is 2.11 bits per heavy atom. The summed E-state index contributed by atoms with van der Waals surface area (Å²) in [7, 11) is 1.13. The Labute approximate surface area is 109 Å². The molecule has 0 bridgehead atoms. The third kappa shape index (κ3) is 1.67. The molecule has 1 aromatic carbocycles. The summed E-state index contributed by atoms with van der Waals surface area (Å²) in [4.78, 5) is 35.8. The molecule has 6 nitrogen and oxygen atoms in total. The number of fused-ring (bicyclic) bond motifs is 1. The SMILES string of the molecule is COC(=O)C1(CC#N)C(=O)NC(=O)c2ccccc21. The van der Waals surface area contributed by atoms with Crippen LogP contribution in [0.5, 0.6) is 0 Å². The largest absolute Gasteiger partial charge is 0.468 e. The van der Waals surface area contributed by atoms with Gasteiger partial charge in [0.1, 0.15) is 0 Å². The Morgan fingerprint density at radius 1 is 1.42 bits per heavy atom. The predicted octanol–water partition coefficient (Wildman–Crippen LogP) is 0.281. The van der Waals surface area contributed by atoms with E-state index in [1.165, 1.54) is 12.1 Å². The number of imide groups is 1. The van der Waals surface area contributed by atoms with Gasteiger partial charge in [-0.05, 0) is 11.6 Å². The minimum atomic E-state index is -1.78. The normalized spacial score (nSPS) is 21.1. The van der Waals surface area contributed by atoms with Crippen LogP contribution in [0.3, 0.4) is 0 Å². The number of nitrogens with one attached hydrogen (secondary N) is 1. The molecule has 6 heteroatoms. The first-order chi connectivity index (χ1) is 9.07. The number of carbonyl (C=O) groups excluding carboxylic acids is 3. The Balaban J connectivity index is 2.75. The summed E-state index contributed by atoms with van der Waals surface area (Å²) in [6.45, 7) is 0. The fourth-order valence-electron chi connectivity index (χ4n) is 2.20. The van der Waals surface area contributed by atoms with Crippen LogP contribution in [0, 0.1) is 11.3 Å². The van der Waals surface area contributed by atoms with Gasteiger partial charge in [-0.2, -0.15) is 5.26 Å². The lowest BCUT2D eigenvalue weighted by atomic mass is 9.72. The minimum absolute atomic E-state index is 0.197. The Bertz CT molecular complexity index is 617. The lowest BCUT2D eigenvalue weighted by Crippen LogP contribution is -2.56. The van der Waals surface area contributed by atoms with Gasteiger partial charge >= 0.3 is 5.97 Å². The van der Waals surface area contributed by atoms with Crippen molar-refractivity contribution in [2.75, 3.05) is 7.11 Å². The lowest BCUT2D eigenvalue weighted by molar-refractivity contribution is -0.152. The molecule has 0 saturated heterocycles. The number of esters is 1. The van der Waals surface area contributed by atoms with Gasteiger partial charge in [0.25, 0.3) is 5.91 Å². The highest BCUT2D eigenvalue weighted by atomic mass is 16.5. The molecule has 19 heavy (non-hydrogen) atoms. The zero-order valence-corrected chi connectivity index (χ0v) is 10.1. The highest BCUT2D eigenvalue weighted by Gasteiger charge is 2.53. The lowest BCUT2D eigenvalue weighted by Gasteiger charge is -2.32. The Kier molecular flexibility index (Phi) is 3.05. The number of rotatable bonds is 2. The van der Waals surface area contributed by atoms with Crippen molar-refractivity contribution in [3.8, 4) is 6.07 Å². The molecule has 0 radical (unpaired) electrons. The predicted molar refractivity (Wildman–Crippen MR) is 62.8 cm³/mol. The molecule has 0 spiro atoms. The van der Waals surface area contributed by atoms with Crippen LogP contribution in [0.25, 0.3) is 0 Å². The molecule has 1 aliphatic rings. The standard InChI is InChI=1S/C13H10N2O4/c1-19-12(18)13(6-7-14)9-5-3-2-4-8(9)10(16)15-11(13)17/h2-5H,6H2,1H3,(H,15,16,17). The van der Waals surface area contributed by atoms with Crippen molar-refractivity contribution < 1.29 is 19.1 Å². The first-order valence-corrected chi connectivity index (χ1v) is 5.48. The monoisotopic (exact) mass is 258 g/mol.